The summed E-state index contributed by atoms with van der Waals surface area (Å²) in [6.45, 7) is 0. The molecule has 0 spiro atoms. The lowest BCUT2D eigenvalue weighted by atomic mass is 10.2. The summed E-state index contributed by atoms with van der Waals surface area (Å²) in [4.78, 5) is 0. The zero-order chi connectivity index (χ0) is 3.58. The van der Waals surface area contributed by atoms with Gasteiger partial charge in [0.25, 0.3) is 0 Å². The molecule has 3 heteroatoms. The van der Waals surface area contributed by atoms with Crippen LogP contribution in [-0.4, -0.2) is 11.9 Å². The Morgan fingerprint density at radius 3 is 2.00 bits per heavy atom. The van der Waals surface area contributed by atoms with Crippen molar-refractivity contribution in [1.29, 1.82) is 0 Å². The van der Waals surface area contributed by atoms with Gasteiger partial charge in [0.15, 0.2) is 7.85 Å². The summed E-state index contributed by atoms with van der Waals surface area (Å²) in [6, 6.07) is 0. The third kappa shape index (κ3) is 15.4. The van der Waals surface area contributed by atoms with Crippen LogP contribution >= 0.6 is 22.6 Å². The first-order valence-corrected chi connectivity index (χ1v) is 2.26. The molecule has 0 amide bonds. The van der Waals surface area contributed by atoms with Crippen LogP contribution in [0.25, 0.3) is 0 Å². The largest absolute Gasteiger partial charge is 0.247 e. The molecular formula is CH3BFI. The van der Waals surface area contributed by atoms with Crippen molar-refractivity contribution in [3.05, 3.63) is 0 Å². The summed E-state index contributed by atoms with van der Waals surface area (Å²) in [6.07, 6.45) is 0. The van der Waals surface area contributed by atoms with E-state index in [1.54, 1.807) is 22.6 Å². The van der Waals surface area contributed by atoms with Crippen molar-refractivity contribution in [3.63, 3.8) is 0 Å². The van der Waals surface area contributed by atoms with E-state index in [1.807, 2.05) is 0 Å². The minimum Gasteiger partial charge on any atom is -0.247 e. The quantitative estimate of drug-likeness (QED) is 0.280. The molecule has 0 aliphatic rings. The maximum absolute atomic E-state index is 11.0. The van der Waals surface area contributed by atoms with Gasteiger partial charge >= 0.3 is 0 Å². The Kier molecular flexibility index (Phi) is 2.35. The molecule has 0 bridgehead atoms. The SMILES string of the molecule is BC(F)I. The number of hydrogen-bond acceptors (Lipinski definition) is 0. The summed E-state index contributed by atoms with van der Waals surface area (Å²) < 4.78 is 10.3. The molecule has 0 rings (SSSR count). The van der Waals surface area contributed by atoms with E-state index in [9.17, 15) is 4.39 Å². The van der Waals surface area contributed by atoms with E-state index >= 15 is 0 Å². The summed E-state index contributed by atoms with van der Waals surface area (Å²) in [5, 5.41) is 0. The second-order valence-corrected chi connectivity index (χ2v) is 2.24. The van der Waals surface area contributed by atoms with Crippen LogP contribution in [-0.2, 0) is 0 Å². The third-order valence-electron chi connectivity index (χ3n) is 0. The molecule has 1 unspecified atom stereocenters. The average molecular weight is 172 g/mol. The smallest absolute Gasteiger partial charge is 0.159 e. The molecule has 0 radical (unpaired) electrons. The van der Waals surface area contributed by atoms with Crippen LogP contribution in [0.3, 0.4) is 0 Å². The maximum Gasteiger partial charge on any atom is 0.159 e. The fraction of sp³-hybridized carbons (Fsp3) is 1.00. The van der Waals surface area contributed by atoms with Crippen molar-refractivity contribution in [2.75, 3.05) is 0 Å². The van der Waals surface area contributed by atoms with E-state index < -0.39 is 4.08 Å². The third-order valence-corrected chi connectivity index (χ3v) is 0. The van der Waals surface area contributed by atoms with Gasteiger partial charge in [-0.3, -0.25) is 0 Å². The highest BCUT2D eigenvalue weighted by Gasteiger charge is 1.78. The Morgan fingerprint density at radius 2 is 2.00 bits per heavy atom. The van der Waals surface area contributed by atoms with E-state index in [0.717, 1.165) is 0 Å². The molecular weight excluding hydrogens is 169 g/mol. The van der Waals surface area contributed by atoms with Gasteiger partial charge in [-0.15, -0.1) is 0 Å². The van der Waals surface area contributed by atoms with E-state index in [0.29, 0.717) is 0 Å². The highest BCUT2D eigenvalue weighted by Crippen LogP contribution is 1.90. The average Bonchev–Trinajstić information content (AvgIpc) is 0.811. The number of alkyl halides is 2. The van der Waals surface area contributed by atoms with Crippen LogP contribution in [0.4, 0.5) is 4.39 Å². The van der Waals surface area contributed by atoms with Crippen molar-refractivity contribution in [2.45, 2.75) is 4.08 Å². The Bertz CT molecular complexity index is 12.8. The Labute approximate surface area is 39.3 Å². The van der Waals surface area contributed by atoms with Crippen LogP contribution in [0.2, 0.25) is 0 Å². The van der Waals surface area contributed by atoms with Crippen LogP contribution < -0.4 is 0 Å². The normalized spacial score (nSPS) is 15.5. The van der Waals surface area contributed by atoms with Gasteiger partial charge in [0.05, 0.1) is 0 Å². The molecule has 0 saturated heterocycles. The lowest BCUT2D eigenvalue weighted by Crippen LogP contribution is -1.76. The van der Waals surface area contributed by atoms with Crippen molar-refractivity contribution < 1.29 is 4.39 Å². The first-order valence-electron chi connectivity index (χ1n) is 1.01. The van der Waals surface area contributed by atoms with Crippen LogP contribution in [0.1, 0.15) is 0 Å². The predicted octanol–water partition coefficient (Wildman–Crippen LogP) is 0.308. The topological polar surface area (TPSA) is 0 Å². The van der Waals surface area contributed by atoms with Gasteiger partial charge in [0.2, 0.25) is 0 Å². The first-order chi connectivity index (χ1) is 1.73. The standard InChI is InChI=1S/CH3BFI/c2-1(3)4/h1H,2H2. The molecule has 1 atom stereocenters. The number of hydrogen-bond donors (Lipinski definition) is 0. The fourth-order valence-corrected chi connectivity index (χ4v) is 0. The van der Waals surface area contributed by atoms with Crippen LogP contribution in [0, 0.1) is 0 Å². The molecule has 0 aliphatic heterocycles. The molecule has 4 heavy (non-hydrogen) atoms. The van der Waals surface area contributed by atoms with Crippen molar-refractivity contribution in [2.24, 2.45) is 0 Å². The molecule has 0 N–H and O–H groups in total. The molecule has 24 valence electrons. The Hall–Kier alpha value is 0.725. The summed E-state index contributed by atoms with van der Waals surface area (Å²) in [5.74, 6) is 0. The number of halogens is 2. The lowest BCUT2D eigenvalue weighted by molar-refractivity contribution is 0.578. The van der Waals surface area contributed by atoms with Gasteiger partial charge in [-0.1, -0.05) is 22.6 Å². The molecule has 0 fully saturated rings. The molecule has 0 aromatic rings. The van der Waals surface area contributed by atoms with E-state index in [4.69, 9.17) is 0 Å². The molecule has 0 nitrogen and oxygen atoms in total. The van der Waals surface area contributed by atoms with Gasteiger partial charge in [-0.25, -0.2) is 4.39 Å². The highest BCUT2D eigenvalue weighted by atomic mass is 127. The maximum atomic E-state index is 11.0. The van der Waals surface area contributed by atoms with Gasteiger partial charge in [-0.2, -0.15) is 0 Å². The summed E-state index contributed by atoms with van der Waals surface area (Å²) >= 11 is 1.68. The van der Waals surface area contributed by atoms with Gasteiger partial charge in [-0.05, 0) is 0 Å². The lowest BCUT2D eigenvalue weighted by Gasteiger charge is -1.71. The number of rotatable bonds is 0. The zero-order valence-electron chi connectivity index (χ0n) is 2.33. The van der Waals surface area contributed by atoms with Crippen molar-refractivity contribution >= 4 is 30.4 Å². The molecule has 0 saturated carbocycles. The molecule has 0 heterocycles. The van der Waals surface area contributed by atoms with E-state index in [1.165, 1.54) is 7.85 Å². The Morgan fingerprint density at radius 1 is 2.00 bits per heavy atom. The summed E-state index contributed by atoms with van der Waals surface area (Å²) in [7, 11) is 1.49. The molecule has 0 aromatic heterocycles. The highest BCUT2D eigenvalue weighted by molar-refractivity contribution is 14.1. The van der Waals surface area contributed by atoms with Crippen LogP contribution in [0.5, 0.6) is 0 Å². The second kappa shape index (κ2) is 1.99. The monoisotopic (exact) mass is 172 g/mol. The van der Waals surface area contributed by atoms with Crippen molar-refractivity contribution in [1.82, 2.24) is 0 Å². The molecule has 0 aliphatic carbocycles. The van der Waals surface area contributed by atoms with Gasteiger partial charge in [0.1, 0.15) is 4.08 Å². The fourth-order valence-electron chi connectivity index (χ4n) is 0. The molecule has 0 aromatic carbocycles. The van der Waals surface area contributed by atoms with Gasteiger partial charge < -0.3 is 0 Å². The van der Waals surface area contributed by atoms with Crippen LogP contribution in [0.15, 0.2) is 0 Å². The minimum atomic E-state index is -0.697. The summed E-state index contributed by atoms with van der Waals surface area (Å²) in [5.41, 5.74) is 0. The van der Waals surface area contributed by atoms with E-state index in [-0.39, 0.29) is 0 Å². The first kappa shape index (κ1) is 4.72. The Balaban J connectivity index is 2.32. The predicted molar refractivity (Wildman–Crippen MR) is 27.5 cm³/mol. The van der Waals surface area contributed by atoms with E-state index in [2.05, 4.69) is 0 Å². The zero-order valence-corrected chi connectivity index (χ0v) is 4.49. The van der Waals surface area contributed by atoms with Gasteiger partial charge in [0, 0.05) is 0 Å². The van der Waals surface area contributed by atoms with Crippen molar-refractivity contribution in [3.8, 4) is 0 Å². The minimum absolute atomic E-state index is 0.697. The second-order valence-electron chi connectivity index (χ2n) is 0.519.